The number of nitrogen functional groups attached to an aromatic ring is 1. The van der Waals surface area contributed by atoms with Crippen molar-refractivity contribution in [2.45, 2.75) is 13.8 Å². The Bertz CT molecular complexity index is 171. The largest absolute Gasteiger partial charge is 0.467 e. The van der Waals surface area contributed by atoms with Gasteiger partial charge in [0.15, 0.2) is 0 Å². The van der Waals surface area contributed by atoms with Crippen LogP contribution in [-0.4, -0.2) is 0 Å². The molecule has 0 saturated carbocycles. The zero-order chi connectivity index (χ0) is 6.15. The Kier molecular flexibility index (Phi) is 1.01. The minimum absolute atomic E-state index is 0.738. The van der Waals surface area contributed by atoms with Crippen molar-refractivity contribution in [3.63, 3.8) is 0 Å². The lowest BCUT2D eigenvalue weighted by atomic mass is 10.3. The Balaban J connectivity index is 3.19. The molecule has 0 aromatic carbocycles. The maximum Gasteiger partial charge on any atom is 0.114 e. The molecular weight excluding hydrogens is 102 g/mol. The lowest BCUT2D eigenvalue weighted by Gasteiger charge is -1.84. The zero-order valence-corrected chi connectivity index (χ0v) is 5.06. The molecule has 0 unspecified atom stereocenters. The first kappa shape index (κ1) is 5.22. The molecule has 1 aromatic heterocycles. The van der Waals surface area contributed by atoms with E-state index in [-0.39, 0.29) is 0 Å². The number of furan rings is 1. The molecule has 0 aliphatic heterocycles. The Labute approximate surface area is 48.3 Å². The van der Waals surface area contributed by atoms with E-state index in [2.05, 4.69) is 0 Å². The highest BCUT2D eigenvalue weighted by Crippen LogP contribution is 2.15. The highest BCUT2D eigenvalue weighted by atomic mass is 16.3. The average Bonchev–Trinajstić information content (AvgIpc) is 1.98. The molecule has 0 radical (unpaired) electrons. The minimum atomic E-state index is 0.738. The standard InChI is InChI=1S/C6H9NO/c1-4-5(2)8-3-6(4)7/h3H,7H2,1-2H3. The zero-order valence-electron chi connectivity index (χ0n) is 5.06. The van der Waals surface area contributed by atoms with Gasteiger partial charge in [0.25, 0.3) is 0 Å². The minimum Gasteiger partial charge on any atom is -0.467 e. The Morgan fingerprint density at radius 3 is 2.25 bits per heavy atom. The molecule has 2 N–H and O–H groups in total. The van der Waals surface area contributed by atoms with Crippen molar-refractivity contribution in [3.8, 4) is 0 Å². The molecule has 0 atom stereocenters. The van der Waals surface area contributed by atoms with Crippen molar-refractivity contribution in [1.82, 2.24) is 0 Å². The molecule has 0 amide bonds. The van der Waals surface area contributed by atoms with E-state index in [0.717, 1.165) is 17.0 Å². The van der Waals surface area contributed by atoms with E-state index in [1.807, 2.05) is 13.8 Å². The summed E-state index contributed by atoms with van der Waals surface area (Å²) in [6, 6.07) is 0. The second-order valence-corrected chi connectivity index (χ2v) is 1.87. The van der Waals surface area contributed by atoms with Crippen LogP contribution in [0.15, 0.2) is 10.7 Å². The maximum absolute atomic E-state index is 5.45. The Morgan fingerprint density at radius 2 is 2.12 bits per heavy atom. The highest BCUT2D eigenvalue weighted by Gasteiger charge is 1.98. The molecule has 1 aromatic rings. The summed E-state index contributed by atoms with van der Waals surface area (Å²) >= 11 is 0. The first-order valence-electron chi connectivity index (χ1n) is 2.52. The van der Waals surface area contributed by atoms with E-state index in [1.165, 1.54) is 0 Å². The van der Waals surface area contributed by atoms with Crippen molar-refractivity contribution in [2.75, 3.05) is 5.73 Å². The molecule has 0 bridgehead atoms. The van der Waals surface area contributed by atoms with Crippen molar-refractivity contribution in [3.05, 3.63) is 17.6 Å². The van der Waals surface area contributed by atoms with Gasteiger partial charge in [-0.15, -0.1) is 0 Å². The van der Waals surface area contributed by atoms with Gasteiger partial charge in [0.05, 0.1) is 5.69 Å². The van der Waals surface area contributed by atoms with Crippen LogP contribution in [0.1, 0.15) is 11.3 Å². The second kappa shape index (κ2) is 1.54. The first-order chi connectivity index (χ1) is 3.72. The van der Waals surface area contributed by atoms with Crippen LogP contribution >= 0.6 is 0 Å². The van der Waals surface area contributed by atoms with E-state index >= 15 is 0 Å². The van der Waals surface area contributed by atoms with Gasteiger partial charge in [-0.05, 0) is 13.8 Å². The summed E-state index contributed by atoms with van der Waals surface area (Å²) in [6.07, 6.45) is 1.56. The van der Waals surface area contributed by atoms with Crippen LogP contribution in [0.3, 0.4) is 0 Å². The van der Waals surface area contributed by atoms with Crippen molar-refractivity contribution in [1.29, 1.82) is 0 Å². The number of rotatable bonds is 0. The molecule has 1 heterocycles. The molecule has 0 spiro atoms. The van der Waals surface area contributed by atoms with Crippen LogP contribution in [0.25, 0.3) is 0 Å². The molecule has 0 aliphatic rings. The van der Waals surface area contributed by atoms with Crippen molar-refractivity contribution < 1.29 is 4.42 Å². The van der Waals surface area contributed by atoms with Gasteiger partial charge >= 0.3 is 0 Å². The summed E-state index contributed by atoms with van der Waals surface area (Å²) in [6.45, 7) is 3.83. The molecule has 2 heteroatoms. The number of anilines is 1. The normalized spacial score (nSPS) is 9.75. The molecule has 0 saturated heterocycles. The molecular formula is C6H9NO. The third-order valence-corrected chi connectivity index (χ3v) is 1.32. The summed E-state index contributed by atoms with van der Waals surface area (Å²) in [7, 11) is 0. The highest BCUT2D eigenvalue weighted by molar-refractivity contribution is 5.44. The third-order valence-electron chi connectivity index (χ3n) is 1.32. The summed E-state index contributed by atoms with van der Waals surface area (Å²) in [4.78, 5) is 0. The summed E-state index contributed by atoms with van der Waals surface area (Å²) in [5.74, 6) is 0.905. The van der Waals surface area contributed by atoms with Gasteiger partial charge in [-0.25, -0.2) is 0 Å². The lowest BCUT2D eigenvalue weighted by molar-refractivity contribution is 0.532. The van der Waals surface area contributed by atoms with Crippen molar-refractivity contribution in [2.24, 2.45) is 0 Å². The van der Waals surface area contributed by atoms with Crippen LogP contribution in [0, 0.1) is 13.8 Å². The number of nitrogens with two attached hydrogens (primary N) is 1. The van der Waals surface area contributed by atoms with Crippen LogP contribution in [-0.2, 0) is 0 Å². The monoisotopic (exact) mass is 111 g/mol. The summed E-state index contributed by atoms with van der Waals surface area (Å²) in [5, 5.41) is 0. The predicted octanol–water partition coefficient (Wildman–Crippen LogP) is 1.48. The Hall–Kier alpha value is -0.920. The quantitative estimate of drug-likeness (QED) is 0.550. The number of hydrogen-bond acceptors (Lipinski definition) is 2. The Morgan fingerprint density at radius 1 is 1.50 bits per heavy atom. The van der Waals surface area contributed by atoms with E-state index in [4.69, 9.17) is 10.2 Å². The van der Waals surface area contributed by atoms with Gasteiger partial charge in [0, 0.05) is 5.56 Å². The first-order valence-corrected chi connectivity index (χ1v) is 2.52. The fourth-order valence-corrected chi connectivity index (χ4v) is 0.532. The van der Waals surface area contributed by atoms with E-state index < -0.39 is 0 Å². The third kappa shape index (κ3) is 0.579. The fourth-order valence-electron chi connectivity index (χ4n) is 0.532. The van der Waals surface area contributed by atoms with E-state index in [9.17, 15) is 0 Å². The molecule has 0 aliphatic carbocycles. The smallest absolute Gasteiger partial charge is 0.114 e. The molecule has 1 rings (SSSR count). The van der Waals surface area contributed by atoms with Crippen LogP contribution < -0.4 is 5.73 Å². The van der Waals surface area contributed by atoms with Crippen LogP contribution in [0.5, 0.6) is 0 Å². The van der Waals surface area contributed by atoms with Crippen LogP contribution in [0.2, 0.25) is 0 Å². The topological polar surface area (TPSA) is 39.2 Å². The molecule has 44 valence electrons. The van der Waals surface area contributed by atoms with Gasteiger partial charge in [0.1, 0.15) is 12.0 Å². The van der Waals surface area contributed by atoms with E-state index in [1.54, 1.807) is 6.26 Å². The maximum atomic E-state index is 5.45. The summed E-state index contributed by atoms with van der Waals surface area (Å²) in [5.41, 5.74) is 7.23. The van der Waals surface area contributed by atoms with Gasteiger partial charge in [-0.2, -0.15) is 0 Å². The van der Waals surface area contributed by atoms with Gasteiger partial charge < -0.3 is 10.2 Å². The SMILES string of the molecule is Cc1occ(N)c1C. The van der Waals surface area contributed by atoms with Gasteiger partial charge in [-0.3, -0.25) is 0 Å². The number of aryl methyl sites for hydroxylation is 1. The predicted molar refractivity (Wildman–Crippen MR) is 32.6 cm³/mol. The van der Waals surface area contributed by atoms with E-state index in [0.29, 0.717) is 0 Å². The van der Waals surface area contributed by atoms with Gasteiger partial charge in [0.2, 0.25) is 0 Å². The molecule has 8 heavy (non-hydrogen) atoms. The lowest BCUT2D eigenvalue weighted by Crippen LogP contribution is -1.82. The van der Waals surface area contributed by atoms with Gasteiger partial charge in [-0.1, -0.05) is 0 Å². The summed E-state index contributed by atoms with van der Waals surface area (Å²) < 4.78 is 4.97. The van der Waals surface area contributed by atoms with Crippen LogP contribution in [0.4, 0.5) is 5.69 Å². The fraction of sp³-hybridized carbons (Fsp3) is 0.333. The molecule has 2 nitrogen and oxygen atoms in total. The number of hydrogen-bond donors (Lipinski definition) is 1. The van der Waals surface area contributed by atoms with Crippen molar-refractivity contribution >= 4 is 5.69 Å². The molecule has 0 fully saturated rings. The average molecular weight is 111 g/mol. The second-order valence-electron chi connectivity index (χ2n) is 1.87.